The maximum Gasteiger partial charge on any atom is 0.417 e. The summed E-state index contributed by atoms with van der Waals surface area (Å²) in [6.07, 6.45) is 1.04. The molecule has 0 spiro atoms. The quantitative estimate of drug-likeness (QED) is 0.701. The van der Waals surface area contributed by atoms with Gasteiger partial charge in [0.05, 0.1) is 5.52 Å². The Labute approximate surface area is 103 Å². The van der Waals surface area contributed by atoms with Gasteiger partial charge < -0.3 is 15.5 Å². The molecule has 1 aromatic heterocycles. The number of H-pyrrole nitrogens is 1. The van der Waals surface area contributed by atoms with Crippen LogP contribution in [0, 0.1) is 0 Å². The second-order valence-corrected chi connectivity index (χ2v) is 3.98. The molecule has 96 valence electrons. The lowest BCUT2D eigenvalue weighted by molar-refractivity contribution is -0.120. The Hall–Kier alpha value is -2.08. The zero-order chi connectivity index (χ0) is 13.0. The van der Waals surface area contributed by atoms with E-state index in [-0.39, 0.29) is 5.91 Å². The van der Waals surface area contributed by atoms with Gasteiger partial charge in [0.1, 0.15) is 0 Å². The molecule has 0 bridgehead atoms. The first-order chi connectivity index (χ1) is 8.69. The van der Waals surface area contributed by atoms with Crippen molar-refractivity contribution >= 4 is 17.0 Å². The first-order valence-electron chi connectivity index (χ1n) is 5.77. The number of aromatic nitrogens is 1. The molecule has 0 radical (unpaired) electrons. The fourth-order valence-electron chi connectivity index (χ4n) is 1.72. The first kappa shape index (κ1) is 12.4. The molecule has 2 rings (SSSR count). The number of carbonyl (C=O) groups excluding carboxylic acids is 1. The van der Waals surface area contributed by atoms with Gasteiger partial charge in [-0.3, -0.25) is 9.78 Å². The van der Waals surface area contributed by atoms with Gasteiger partial charge in [-0.15, -0.1) is 0 Å². The monoisotopic (exact) mass is 249 g/mol. The number of fused-ring (bicyclic) bond motifs is 1. The lowest BCUT2D eigenvalue weighted by atomic mass is 10.1. The van der Waals surface area contributed by atoms with Crippen molar-refractivity contribution in [3.8, 4) is 0 Å². The van der Waals surface area contributed by atoms with E-state index >= 15 is 0 Å². The first-order valence-corrected chi connectivity index (χ1v) is 5.77. The standard InChI is InChI=1S/C12H15N3O3/c13-5-3-11(16)14-6-4-8-1-2-10-9(7-8)15-12(17)18-10/h1-2,7H,3-6,13H2,(H,14,16)(H,15,17). The van der Waals surface area contributed by atoms with Crippen LogP contribution in [0.15, 0.2) is 27.4 Å². The molecule has 0 aliphatic heterocycles. The van der Waals surface area contributed by atoms with Crippen molar-refractivity contribution in [2.75, 3.05) is 13.1 Å². The molecule has 0 aliphatic carbocycles. The van der Waals surface area contributed by atoms with E-state index in [4.69, 9.17) is 10.2 Å². The highest BCUT2D eigenvalue weighted by Crippen LogP contribution is 2.12. The van der Waals surface area contributed by atoms with E-state index in [1.54, 1.807) is 6.07 Å². The number of nitrogens with two attached hydrogens (primary N) is 1. The smallest absolute Gasteiger partial charge is 0.408 e. The topological polar surface area (TPSA) is 101 Å². The van der Waals surface area contributed by atoms with Crippen LogP contribution >= 0.6 is 0 Å². The van der Waals surface area contributed by atoms with Crippen molar-refractivity contribution in [1.29, 1.82) is 0 Å². The van der Waals surface area contributed by atoms with Gasteiger partial charge >= 0.3 is 5.76 Å². The molecule has 0 unspecified atom stereocenters. The summed E-state index contributed by atoms with van der Waals surface area (Å²) in [5.74, 6) is -0.506. The lowest BCUT2D eigenvalue weighted by Gasteiger charge is -2.04. The van der Waals surface area contributed by atoms with E-state index in [0.29, 0.717) is 37.0 Å². The van der Waals surface area contributed by atoms with Gasteiger partial charge in [0.25, 0.3) is 0 Å². The Morgan fingerprint density at radius 3 is 3.06 bits per heavy atom. The van der Waals surface area contributed by atoms with Crippen LogP contribution < -0.4 is 16.8 Å². The number of hydrogen-bond acceptors (Lipinski definition) is 4. The van der Waals surface area contributed by atoms with E-state index in [1.807, 2.05) is 12.1 Å². The summed E-state index contributed by atoms with van der Waals surface area (Å²) in [7, 11) is 0. The molecule has 0 aliphatic rings. The SMILES string of the molecule is NCCC(=O)NCCc1ccc2oc(=O)[nH]c2c1. The molecule has 1 amide bonds. The molecule has 0 saturated carbocycles. The molecular weight excluding hydrogens is 234 g/mol. The predicted molar refractivity (Wildman–Crippen MR) is 67.2 cm³/mol. The van der Waals surface area contributed by atoms with Crippen LogP contribution in [0.3, 0.4) is 0 Å². The Bertz CT molecular complexity index is 600. The van der Waals surface area contributed by atoms with Crippen molar-refractivity contribution in [2.24, 2.45) is 5.73 Å². The Morgan fingerprint density at radius 1 is 1.44 bits per heavy atom. The number of oxazole rings is 1. The van der Waals surface area contributed by atoms with E-state index < -0.39 is 5.76 Å². The highest BCUT2D eigenvalue weighted by atomic mass is 16.4. The van der Waals surface area contributed by atoms with Gasteiger partial charge in [0.2, 0.25) is 5.91 Å². The zero-order valence-electron chi connectivity index (χ0n) is 9.86. The number of carbonyl (C=O) groups is 1. The zero-order valence-corrected chi connectivity index (χ0v) is 9.86. The minimum Gasteiger partial charge on any atom is -0.408 e. The van der Waals surface area contributed by atoms with Gasteiger partial charge in [-0.25, -0.2) is 4.79 Å². The summed E-state index contributed by atoms with van der Waals surface area (Å²) >= 11 is 0. The Balaban J connectivity index is 1.95. The highest BCUT2D eigenvalue weighted by Gasteiger charge is 2.03. The van der Waals surface area contributed by atoms with Crippen molar-refractivity contribution in [2.45, 2.75) is 12.8 Å². The van der Waals surface area contributed by atoms with Crippen LogP contribution in [-0.4, -0.2) is 24.0 Å². The number of hydrogen-bond donors (Lipinski definition) is 3. The second-order valence-electron chi connectivity index (χ2n) is 3.98. The van der Waals surface area contributed by atoms with Crippen molar-refractivity contribution in [3.05, 3.63) is 34.3 Å². The maximum absolute atomic E-state index is 11.2. The predicted octanol–water partition coefficient (Wildman–Crippen LogP) is 0.129. The summed E-state index contributed by atoms with van der Waals surface area (Å²) < 4.78 is 4.90. The summed E-state index contributed by atoms with van der Waals surface area (Å²) in [6.45, 7) is 0.903. The molecule has 6 heteroatoms. The van der Waals surface area contributed by atoms with Crippen LogP contribution in [0.5, 0.6) is 0 Å². The van der Waals surface area contributed by atoms with Crippen molar-refractivity contribution < 1.29 is 9.21 Å². The molecular formula is C12H15N3O3. The van der Waals surface area contributed by atoms with Crippen LogP contribution in [0.1, 0.15) is 12.0 Å². The number of amides is 1. The minimum atomic E-state index is -0.460. The van der Waals surface area contributed by atoms with Gasteiger partial charge in [-0.1, -0.05) is 6.07 Å². The van der Waals surface area contributed by atoms with E-state index in [0.717, 1.165) is 5.56 Å². The van der Waals surface area contributed by atoms with Crippen LogP contribution in [0.2, 0.25) is 0 Å². The average molecular weight is 249 g/mol. The fourth-order valence-corrected chi connectivity index (χ4v) is 1.72. The minimum absolute atomic E-state index is 0.0460. The number of benzene rings is 1. The third-order valence-corrected chi connectivity index (χ3v) is 2.59. The molecule has 2 aromatic rings. The Kier molecular flexibility index (Phi) is 3.78. The number of rotatable bonds is 5. The number of nitrogens with one attached hydrogen (secondary N) is 2. The normalized spacial score (nSPS) is 10.7. The third-order valence-electron chi connectivity index (χ3n) is 2.59. The fraction of sp³-hybridized carbons (Fsp3) is 0.333. The maximum atomic E-state index is 11.2. The van der Waals surface area contributed by atoms with Crippen LogP contribution in [0.25, 0.3) is 11.1 Å². The van der Waals surface area contributed by atoms with E-state index in [9.17, 15) is 9.59 Å². The van der Waals surface area contributed by atoms with Gasteiger partial charge in [-0.2, -0.15) is 0 Å². The van der Waals surface area contributed by atoms with Gasteiger partial charge in [0, 0.05) is 19.5 Å². The van der Waals surface area contributed by atoms with Crippen LogP contribution in [0.4, 0.5) is 0 Å². The molecule has 0 fully saturated rings. The number of aromatic amines is 1. The molecule has 1 heterocycles. The van der Waals surface area contributed by atoms with Gasteiger partial charge in [0.15, 0.2) is 5.58 Å². The van der Waals surface area contributed by atoms with Gasteiger partial charge in [-0.05, 0) is 24.1 Å². The molecule has 4 N–H and O–H groups in total. The van der Waals surface area contributed by atoms with E-state index in [1.165, 1.54) is 0 Å². The third kappa shape index (κ3) is 2.98. The summed E-state index contributed by atoms with van der Waals surface area (Å²) in [5.41, 5.74) is 7.50. The molecule has 0 saturated heterocycles. The molecule has 0 atom stereocenters. The molecule has 6 nitrogen and oxygen atoms in total. The van der Waals surface area contributed by atoms with E-state index in [2.05, 4.69) is 10.3 Å². The second kappa shape index (κ2) is 5.50. The Morgan fingerprint density at radius 2 is 2.28 bits per heavy atom. The largest absolute Gasteiger partial charge is 0.417 e. The molecule has 1 aromatic carbocycles. The average Bonchev–Trinajstić information content (AvgIpc) is 2.69. The van der Waals surface area contributed by atoms with Crippen LogP contribution in [-0.2, 0) is 11.2 Å². The highest BCUT2D eigenvalue weighted by molar-refractivity contribution is 5.76. The molecule has 18 heavy (non-hydrogen) atoms. The lowest BCUT2D eigenvalue weighted by Crippen LogP contribution is -2.27. The summed E-state index contributed by atoms with van der Waals surface area (Å²) in [6, 6.07) is 5.45. The summed E-state index contributed by atoms with van der Waals surface area (Å²) in [4.78, 5) is 24.8. The summed E-state index contributed by atoms with van der Waals surface area (Å²) in [5, 5.41) is 2.77. The van der Waals surface area contributed by atoms with Crippen molar-refractivity contribution in [1.82, 2.24) is 10.3 Å². The van der Waals surface area contributed by atoms with Crippen molar-refractivity contribution in [3.63, 3.8) is 0 Å².